The van der Waals surface area contributed by atoms with E-state index in [1.54, 1.807) is 0 Å². The Labute approximate surface area is 179 Å². The Balaban J connectivity index is 1.24. The average molecular weight is 418 g/mol. The highest BCUT2D eigenvalue weighted by molar-refractivity contribution is 7.19. The van der Waals surface area contributed by atoms with Gasteiger partial charge in [0, 0.05) is 41.1 Å². The highest BCUT2D eigenvalue weighted by atomic mass is 32.1. The second-order valence-corrected chi connectivity index (χ2v) is 9.06. The van der Waals surface area contributed by atoms with Gasteiger partial charge in [-0.15, -0.1) is 11.3 Å². The lowest BCUT2D eigenvalue weighted by Gasteiger charge is -2.34. The average Bonchev–Trinajstić information content (AvgIpc) is 3.11. The van der Waals surface area contributed by atoms with Crippen LogP contribution in [0.1, 0.15) is 16.0 Å². The summed E-state index contributed by atoms with van der Waals surface area (Å²) >= 11 is 1.82. The third kappa shape index (κ3) is 3.74. The van der Waals surface area contributed by atoms with Gasteiger partial charge in [-0.25, -0.2) is 9.97 Å². The molecule has 0 aliphatic carbocycles. The largest absolute Gasteiger partial charge is 0.383 e. The number of rotatable bonds is 4. The number of nitrogens with zero attached hydrogens (tertiary/aromatic N) is 4. The molecule has 1 aliphatic heterocycles. The third-order valence-corrected chi connectivity index (χ3v) is 6.71. The summed E-state index contributed by atoms with van der Waals surface area (Å²) < 4.78 is 1.31. The van der Waals surface area contributed by atoms with E-state index in [0.29, 0.717) is 18.9 Å². The Morgan fingerprint density at radius 3 is 2.83 bits per heavy atom. The number of amides is 1. The molecule has 0 spiro atoms. The number of carbonyl (C=O) groups is 1. The van der Waals surface area contributed by atoms with E-state index < -0.39 is 0 Å². The standard InChI is InChI=1S/C23H23N5OS/c1-15-2-5-21-17(8-15)10-18(30-21)12-27-6-7-28(22(29)13-27)11-16-3-4-19-20(9-16)25-14-26-23(19)24/h2-5,8-10,14H,6-7,11-13H2,1H3,(H2,24,25,26). The number of aryl methyl sites for hydroxylation is 1. The molecule has 7 heteroatoms. The minimum Gasteiger partial charge on any atom is -0.383 e. The third-order valence-electron chi connectivity index (χ3n) is 5.61. The normalized spacial score (nSPS) is 15.4. The van der Waals surface area contributed by atoms with E-state index >= 15 is 0 Å². The van der Waals surface area contributed by atoms with Gasteiger partial charge < -0.3 is 10.6 Å². The van der Waals surface area contributed by atoms with Crippen LogP contribution in [0.5, 0.6) is 0 Å². The quantitative estimate of drug-likeness (QED) is 0.549. The van der Waals surface area contributed by atoms with Crippen molar-refractivity contribution in [2.45, 2.75) is 20.0 Å². The van der Waals surface area contributed by atoms with Crippen LogP contribution in [-0.2, 0) is 17.9 Å². The fraction of sp³-hybridized carbons (Fsp3) is 0.261. The van der Waals surface area contributed by atoms with Crippen LogP contribution >= 0.6 is 11.3 Å². The monoisotopic (exact) mass is 417 g/mol. The van der Waals surface area contributed by atoms with Crippen LogP contribution in [0.15, 0.2) is 48.8 Å². The molecular weight excluding hydrogens is 394 g/mol. The van der Waals surface area contributed by atoms with Crippen molar-refractivity contribution in [3.05, 3.63) is 64.8 Å². The fourth-order valence-corrected chi connectivity index (χ4v) is 5.10. The highest BCUT2D eigenvalue weighted by Crippen LogP contribution is 2.28. The molecule has 6 nitrogen and oxygen atoms in total. The molecule has 30 heavy (non-hydrogen) atoms. The Kier molecular flexibility index (Phi) is 4.84. The molecule has 1 saturated heterocycles. The first-order chi connectivity index (χ1) is 14.5. The smallest absolute Gasteiger partial charge is 0.237 e. The first-order valence-electron chi connectivity index (χ1n) is 10.0. The van der Waals surface area contributed by atoms with E-state index in [9.17, 15) is 4.79 Å². The fourth-order valence-electron chi connectivity index (χ4n) is 4.02. The van der Waals surface area contributed by atoms with Crippen LogP contribution in [0.2, 0.25) is 0 Å². The molecular formula is C23H23N5OS. The summed E-state index contributed by atoms with van der Waals surface area (Å²) in [5.41, 5.74) is 9.05. The molecule has 4 aromatic rings. The summed E-state index contributed by atoms with van der Waals surface area (Å²) in [6.07, 6.45) is 1.47. The van der Waals surface area contributed by atoms with Gasteiger partial charge in [0.2, 0.25) is 5.91 Å². The van der Waals surface area contributed by atoms with Crippen LogP contribution in [0.3, 0.4) is 0 Å². The molecule has 1 fully saturated rings. The van der Waals surface area contributed by atoms with E-state index in [-0.39, 0.29) is 5.91 Å². The van der Waals surface area contributed by atoms with Crippen molar-refractivity contribution >= 4 is 44.1 Å². The van der Waals surface area contributed by atoms with Crippen LogP contribution in [0.4, 0.5) is 5.82 Å². The van der Waals surface area contributed by atoms with E-state index in [0.717, 1.165) is 36.1 Å². The van der Waals surface area contributed by atoms with Crippen molar-refractivity contribution in [2.75, 3.05) is 25.4 Å². The highest BCUT2D eigenvalue weighted by Gasteiger charge is 2.24. The van der Waals surface area contributed by atoms with Crippen LogP contribution in [-0.4, -0.2) is 45.3 Å². The minimum absolute atomic E-state index is 0.167. The number of piperazine rings is 1. The van der Waals surface area contributed by atoms with Gasteiger partial charge in [0.15, 0.2) is 0 Å². The maximum atomic E-state index is 12.8. The Morgan fingerprint density at radius 1 is 1.07 bits per heavy atom. The molecule has 0 radical (unpaired) electrons. The zero-order valence-electron chi connectivity index (χ0n) is 16.8. The molecule has 1 aliphatic rings. The topological polar surface area (TPSA) is 75.3 Å². The molecule has 152 valence electrons. The molecule has 2 N–H and O–H groups in total. The van der Waals surface area contributed by atoms with Crippen molar-refractivity contribution in [1.29, 1.82) is 0 Å². The molecule has 0 atom stereocenters. The Hall–Kier alpha value is -3.03. The molecule has 0 saturated carbocycles. The van der Waals surface area contributed by atoms with Crippen LogP contribution < -0.4 is 5.73 Å². The van der Waals surface area contributed by atoms with Crippen molar-refractivity contribution in [1.82, 2.24) is 19.8 Å². The van der Waals surface area contributed by atoms with Crippen molar-refractivity contribution in [3.63, 3.8) is 0 Å². The van der Waals surface area contributed by atoms with Crippen molar-refractivity contribution < 1.29 is 4.79 Å². The van der Waals surface area contributed by atoms with Gasteiger partial charge in [0.05, 0.1) is 12.1 Å². The lowest BCUT2D eigenvalue weighted by Crippen LogP contribution is -2.49. The second kappa shape index (κ2) is 7.66. The van der Waals surface area contributed by atoms with Gasteiger partial charge in [-0.05, 0) is 42.1 Å². The molecule has 0 bridgehead atoms. The zero-order valence-corrected chi connectivity index (χ0v) is 17.7. The number of nitrogens with two attached hydrogens (primary N) is 1. The lowest BCUT2D eigenvalue weighted by molar-refractivity contribution is -0.136. The molecule has 5 rings (SSSR count). The number of anilines is 1. The maximum absolute atomic E-state index is 12.8. The summed E-state index contributed by atoms with van der Waals surface area (Å²) in [7, 11) is 0. The van der Waals surface area contributed by atoms with E-state index in [2.05, 4.69) is 46.1 Å². The van der Waals surface area contributed by atoms with Gasteiger partial charge in [-0.3, -0.25) is 9.69 Å². The predicted octanol–water partition coefficient (Wildman–Crippen LogP) is 3.58. The number of fused-ring (bicyclic) bond motifs is 2. The number of nitrogen functional groups attached to an aromatic ring is 1. The van der Waals surface area contributed by atoms with Gasteiger partial charge >= 0.3 is 0 Å². The summed E-state index contributed by atoms with van der Waals surface area (Å²) in [4.78, 5) is 26.6. The Morgan fingerprint density at radius 2 is 1.97 bits per heavy atom. The molecule has 1 amide bonds. The predicted molar refractivity (Wildman–Crippen MR) is 121 cm³/mol. The molecule has 3 heterocycles. The second-order valence-electron chi connectivity index (χ2n) is 7.89. The van der Waals surface area contributed by atoms with E-state index in [1.165, 1.54) is 26.9 Å². The number of hydrogen-bond acceptors (Lipinski definition) is 6. The number of aromatic nitrogens is 2. The summed E-state index contributed by atoms with van der Waals surface area (Å²) in [5.74, 6) is 0.646. The van der Waals surface area contributed by atoms with Gasteiger partial charge in [-0.1, -0.05) is 23.8 Å². The molecule has 2 aromatic heterocycles. The van der Waals surface area contributed by atoms with Crippen molar-refractivity contribution in [3.8, 4) is 0 Å². The number of benzene rings is 2. The number of carbonyl (C=O) groups excluding carboxylic acids is 1. The minimum atomic E-state index is 0.167. The number of hydrogen-bond donors (Lipinski definition) is 1. The first kappa shape index (κ1) is 19.0. The van der Waals surface area contributed by atoms with Gasteiger partial charge in [0.25, 0.3) is 0 Å². The summed E-state index contributed by atoms with van der Waals surface area (Å²) in [6, 6.07) is 14.7. The zero-order chi connectivity index (χ0) is 20.7. The SMILES string of the molecule is Cc1ccc2sc(CN3CCN(Cc4ccc5c(N)ncnc5c4)C(=O)C3)cc2c1. The molecule has 0 unspecified atom stereocenters. The summed E-state index contributed by atoms with van der Waals surface area (Å²) in [5, 5.41) is 2.14. The van der Waals surface area contributed by atoms with Crippen molar-refractivity contribution in [2.24, 2.45) is 0 Å². The van der Waals surface area contributed by atoms with Crippen LogP contribution in [0.25, 0.3) is 21.0 Å². The van der Waals surface area contributed by atoms with Crippen LogP contribution in [0, 0.1) is 6.92 Å². The number of thiophene rings is 1. The summed E-state index contributed by atoms with van der Waals surface area (Å²) in [6.45, 7) is 5.59. The van der Waals surface area contributed by atoms with E-state index in [1.807, 2.05) is 34.4 Å². The van der Waals surface area contributed by atoms with Gasteiger partial charge in [-0.2, -0.15) is 0 Å². The van der Waals surface area contributed by atoms with E-state index in [4.69, 9.17) is 5.73 Å². The maximum Gasteiger partial charge on any atom is 0.237 e. The molecule has 2 aromatic carbocycles. The lowest BCUT2D eigenvalue weighted by atomic mass is 10.1. The Bertz CT molecular complexity index is 1250. The first-order valence-corrected chi connectivity index (χ1v) is 10.8. The van der Waals surface area contributed by atoms with Gasteiger partial charge in [0.1, 0.15) is 12.1 Å².